The molecule has 3 aliphatic rings. The van der Waals surface area contributed by atoms with Crippen LogP contribution in [0.2, 0.25) is 0 Å². The van der Waals surface area contributed by atoms with Crippen LogP contribution in [0.4, 0.5) is 0 Å². The van der Waals surface area contributed by atoms with E-state index in [0.717, 1.165) is 37.2 Å². The smallest absolute Gasteiger partial charge is 0.253 e. The van der Waals surface area contributed by atoms with Crippen molar-refractivity contribution in [3.63, 3.8) is 0 Å². The number of likely N-dealkylation sites (tertiary alicyclic amines) is 1. The summed E-state index contributed by atoms with van der Waals surface area (Å²) in [6, 6.07) is 0. The Hall–Kier alpha value is -1.93. The minimum atomic E-state index is -0.390. The highest BCUT2D eigenvalue weighted by atomic mass is 16.5. The van der Waals surface area contributed by atoms with Gasteiger partial charge in [0.15, 0.2) is 0 Å². The first-order valence-corrected chi connectivity index (χ1v) is 9.60. The van der Waals surface area contributed by atoms with Gasteiger partial charge >= 0.3 is 0 Å². The largest absolute Gasteiger partial charge is 0.366 e. The number of fused-ring (bicyclic) bond motifs is 2. The summed E-state index contributed by atoms with van der Waals surface area (Å²) in [5, 5.41) is 3.21. The maximum atomic E-state index is 12.8. The lowest BCUT2D eigenvalue weighted by atomic mass is 9.78. The number of imidazole rings is 1. The molecular formula is C18H27N5O3. The Morgan fingerprint density at radius 2 is 2.15 bits per heavy atom. The van der Waals surface area contributed by atoms with E-state index in [-0.39, 0.29) is 17.4 Å². The Kier molecular flexibility index (Phi) is 4.71. The van der Waals surface area contributed by atoms with Gasteiger partial charge in [-0.1, -0.05) is 6.92 Å². The highest BCUT2D eigenvalue weighted by molar-refractivity contribution is 5.81. The minimum Gasteiger partial charge on any atom is -0.366 e. The lowest BCUT2D eigenvalue weighted by molar-refractivity contribution is -0.151. The minimum absolute atomic E-state index is 0.0541. The first-order chi connectivity index (χ1) is 12.7. The van der Waals surface area contributed by atoms with Gasteiger partial charge in [-0.15, -0.1) is 0 Å². The molecule has 2 saturated heterocycles. The molecule has 1 unspecified atom stereocenters. The zero-order valence-corrected chi connectivity index (χ0v) is 15.3. The Morgan fingerprint density at radius 1 is 1.35 bits per heavy atom. The number of hydrogen-bond donors (Lipinski definition) is 2. The van der Waals surface area contributed by atoms with E-state index in [1.54, 1.807) is 6.33 Å². The number of ether oxygens (including phenoxy) is 1. The van der Waals surface area contributed by atoms with Crippen LogP contribution in [-0.2, 0) is 26.3 Å². The third-order valence-corrected chi connectivity index (χ3v) is 5.97. The molecule has 0 radical (unpaired) electrons. The van der Waals surface area contributed by atoms with E-state index in [1.807, 2.05) is 16.7 Å². The molecule has 2 N–H and O–H groups in total. The van der Waals surface area contributed by atoms with E-state index in [1.165, 1.54) is 0 Å². The Labute approximate surface area is 153 Å². The Balaban J connectivity index is 1.53. The van der Waals surface area contributed by atoms with E-state index in [4.69, 9.17) is 4.74 Å². The quantitative estimate of drug-likeness (QED) is 0.774. The molecule has 1 atom stereocenters. The average molecular weight is 361 g/mol. The second kappa shape index (κ2) is 7.00. The number of nitrogens with one attached hydrogen (secondary N) is 2. The number of hydrogen-bond acceptors (Lipinski definition) is 5. The molecule has 3 aliphatic heterocycles. The van der Waals surface area contributed by atoms with Gasteiger partial charge in [0.1, 0.15) is 6.10 Å². The first-order valence-electron chi connectivity index (χ1n) is 9.60. The number of H-pyrrole nitrogens is 1. The number of carbonyl (C=O) groups excluding carboxylic acids is 2. The van der Waals surface area contributed by atoms with Gasteiger partial charge in [-0.05, 0) is 12.8 Å². The monoisotopic (exact) mass is 361 g/mol. The molecule has 4 rings (SSSR count). The van der Waals surface area contributed by atoms with Gasteiger partial charge in [-0.3, -0.25) is 9.59 Å². The molecule has 26 heavy (non-hydrogen) atoms. The molecule has 142 valence electrons. The van der Waals surface area contributed by atoms with Gasteiger partial charge < -0.3 is 24.8 Å². The number of rotatable bonds is 2. The van der Waals surface area contributed by atoms with Crippen LogP contribution in [0.1, 0.15) is 37.6 Å². The second-order valence-electron chi connectivity index (χ2n) is 7.30. The number of aromatic amines is 1. The van der Waals surface area contributed by atoms with Crippen molar-refractivity contribution in [2.45, 2.75) is 44.2 Å². The molecule has 0 bridgehead atoms. The van der Waals surface area contributed by atoms with E-state index in [2.05, 4.69) is 15.3 Å². The molecule has 1 aromatic rings. The molecule has 0 aromatic carbocycles. The summed E-state index contributed by atoms with van der Waals surface area (Å²) in [5.41, 5.74) is 1.74. The SMILES string of the molecule is CCC(=O)N1CCc2[nH]cnc2C12CCN(C(=O)C1CNCCO1)CC2. The zero-order valence-electron chi connectivity index (χ0n) is 15.3. The van der Waals surface area contributed by atoms with Crippen molar-refractivity contribution < 1.29 is 14.3 Å². The molecule has 0 saturated carbocycles. The maximum Gasteiger partial charge on any atom is 0.253 e. The molecule has 4 heterocycles. The number of piperidine rings is 1. The Morgan fingerprint density at radius 3 is 2.85 bits per heavy atom. The molecule has 2 amide bonds. The highest BCUT2D eigenvalue weighted by Crippen LogP contribution is 2.42. The number of amides is 2. The maximum absolute atomic E-state index is 12.8. The number of nitrogens with zero attached hydrogens (tertiary/aromatic N) is 3. The van der Waals surface area contributed by atoms with Gasteiger partial charge in [0, 0.05) is 51.3 Å². The molecule has 1 spiro atoms. The van der Waals surface area contributed by atoms with Crippen LogP contribution in [-0.4, -0.2) is 77.0 Å². The van der Waals surface area contributed by atoms with Gasteiger partial charge in [0.2, 0.25) is 5.91 Å². The highest BCUT2D eigenvalue weighted by Gasteiger charge is 2.49. The van der Waals surface area contributed by atoms with Crippen molar-refractivity contribution in [2.75, 3.05) is 39.3 Å². The van der Waals surface area contributed by atoms with Gasteiger partial charge in [-0.2, -0.15) is 0 Å². The van der Waals surface area contributed by atoms with Crippen molar-refractivity contribution in [1.82, 2.24) is 25.1 Å². The fourth-order valence-corrected chi connectivity index (χ4v) is 4.56. The number of carbonyl (C=O) groups is 2. The van der Waals surface area contributed by atoms with Crippen molar-refractivity contribution in [3.05, 3.63) is 17.7 Å². The number of aromatic nitrogens is 2. The average Bonchev–Trinajstić information content (AvgIpc) is 3.18. The molecule has 8 nitrogen and oxygen atoms in total. The van der Waals surface area contributed by atoms with Gasteiger partial charge in [-0.25, -0.2) is 4.98 Å². The van der Waals surface area contributed by atoms with Crippen LogP contribution in [0.3, 0.4) is 0 Å². The van der Waals surface area contributed by atoms with E-state index in [0.29, 0.717) is 39.2 Å². The van der Waals surface area contributed by atoms with Crippen LogP contribution >= 0.6 is 0 Å². The van der Waals surface area contributed by atoms with Gasteiger partial charge in [0.25, 0.3) is 5.91 Å². The normalized spacial score (nSPS) is 25.2. The summed E-state index contributed by atoms with van der Waals surface area (Å²) >= 11 is 0. The molecule has 0 aliphatic carbocycles. The summed E-state index contributed by atoms with van der Waals surface area (Å²) in [7, 11) is 0. The number of morpholine rings is 1. The van der Waals surface area contributed by atoms with Crippen molar-refractivity contribution >= 4 is 11.8 Å². The second-order valence-corrected chi connectivity index (χ2v) is 7.30. The lowest BCUT2D eigenvalue weighted by Crippen LogP contribution is -2.60. The third kappa shape index (κ3) is 2.81. The fraction of sp³-hybridized carbons (Fsp3) is 0.722. The van der Waals surface area contributed by atoms with Gasteiger partial charge in [0.05, 0.1) is 24.2 Å². The predicted molar refractivity (Wildman–Crippen MR) is 94.4 cm³/mol. The molecule has 2 fully saturated rings. The summed E-state index contributed by atoms with van der Waals surface area (Å²) in [4.78, 5) is 37.1. The van der Waals surface area contributed by atoms with E-state index < -0.39 is 6.10 Å². The summed E-state index contributed by atoms with van der Waals surface area (Å²) in [6.07, 6.45) is 4.09. The topological polar surface area (TPSA) is 90.6 Å². The van der Waals surface area contributed by atoms with E-state index in [9.17, 15) is 9.59 Å². The third-order valence-electron chi connectivity index (χ3n) is 5.97. The van der Waals surface area contributed by atoms with Crippen LogP contribution in [0.15, 0.2) is 6.33 Å². The summed E-state index contributed by atoms with van der Waals surface area (Å²) in [6.45, 7) is 5.81. The summed E-state index contributed by atoms with van der Waals surface area (Å²) in [5.74, 6) is 0.219. The molecule has 1 aromatic heterocycles. The Bertz CT molecular complexity index is 674. The van der Waals surface area contributed by atoms with Crippen molar-refractivity contribution in [1.29, 1.82) is 0 Å². The molecular weight excluding hydrogens is 334 g/mol. The lowest BCUT2D eigenvalue weighted by Gasteiger charge is -2.50. The molecule has 8 heteroatoms. The zero-order chi connectivity index (χ0) is 18.1. The fourth-order valence-electron chi connectivity index (χ4n) is 4.56. The van der Waals surface area contributed by atoms with Crippen molar-refractivity contribution in [3.8, 4) is 0 Å². The van der Waals surface area contributed by atoms with Crippen LogP contribution < -0.4 is 5.32 Å². The predicted octanol–water partition coefficient (Wildman–Crippen LogP) is 0.0105. The first kappa shape index (κ1) is 17.5. The van der Waals surface area contributed by atoms with Crippen molar-refractivity contribution in [2.24, 2.45) is 0 Å². The van der Waals surface area contributed by atoms with Crippen LogP contribution in [0.25, 0.3) is 0 Å². The standard InChI is InChI=1S/C18H27N5O3/c1-2-15(24)23-7-3-13-16(21-12-20-13)18(23)4-8-22(9-5-18)17(25)14-11-19-6-10-26-14/h12,14,19H,2-11H2,1H3,(H,20,21). The van der Waals surface area contributed by atoms with Crippen LogP contribution in [0, 0.1) is 0 Å². The van der Waals surface area contributed by atoms with E-state index >= 15 is 0 Å². The summed E-state index contributed by atoms with van der Waals surface area (Å²) < 4.78 is 5.61. The van der Waals surface area contributed by atoms with Crippen LogP contribution in [0.5, 0.6) is 0 Å².